The van der Waals surface area contributed by atoms with Crippen molar-refractivity contribution in [1.29, 1.82) is 0 Å². The van der Waals surface area contributed by atoms with E-state index in [2.05, 4.69) is 228 Å². The molecule has 8 aromatic carbocycles. The average molecular weight is 813 g/mol. The summed E-state index contributed by atoms with van der Waals surface area (Å²) in [6, 6.07) is 64.6. The summed E-state index contributed by atoms with van der Waals surface area (Å²) in [5, 5.41) is 0. The van der Waals surface area contributed by atoms with E-state index < -0.39 is 0 Å². The molecule has 306 valence electrons. The first-order chi connectivity index (χ1) is 30.4. The molecule has 2 aliphatic carbocycles. The molecule has 3 heteroatoms. The highest BCUT2D eigenvalue weighted by molar-refractivity contribution is 7.00. The minimum atomic E-state index is -0.119. The van der Waals surface area contributed by atoms with Crippen LogP contribution in [0.4, 0.5) is 34.1 Å². The molecule has 2 nitrogen and oxygen atoms in total. The number of rotatable bonds is 4. The molecule has 0 bridgehead atoms. The van der Waals surface area contributed by atoms with Crippen LogP contribution in [0.15, 0.2) is 170 Å². The fourth-order valence-corrected chi connectivity index (χ4v) is 11.9. The minimum Gasteiger partial charge on any atom is -0.311 e. The molecule has 2 heterocycles. The molecule has 8 aromatic rings. The fourth-order valence-electron chi connectivity index (χ4n) is 11.9. The maximum absolute atomic E-state index is 2.69. The second kappa shape index (κ2) is 13.5. The Labute approximate surface area is 374 Å². The van der Waals surface area contributed by atoms with Crippen molar-refractivity contribution >= 4 is 57.2 Å². The molecule has 0 fully saturated rings. The topological polar surface area (TPSA) is 6.48 Å². The van der Waals surface area contributed by atoms with Crippen LogP contribution in [0.2, 0.25) is 0 Å². The highest BCUT2D eigenvalue weighted by Gasteiger charge is 2.48. The van der Waals surface area contributed by atoms with E-state index in [1.165, 1.54) is 119 Å². The third-order valence-electron chi connectivity index (χ3n) is 15.3. The highest BCUT2D eigenvalue weighted by atomic mass is 15.2. The lowest BCUT2D eigenvalue weighted by Crippen LogP contribution is -2.62. The van der Waals surface area contributed by atoms with Crippen LogP contribution in [0.1, 0.15) is 82.2 Å². The number of hydrogen-bond acceptors (Lipinski definition) is 2. The van der Waals surface area contributed by atoms with E-state index in [0.29, 0.717) is 0 Å². The van der Waals surface area contributed by atoms with E-state index in [1.54, 1.807) is 0 Å². The molecule has 2 aliphatic heterocycles. The first kappa shape index (κ1) is 38.1. The quantitative estimate of drug-likeness (QED) is 0.163. The van der Waals surface area contributed by atoms with Gasteiger partial charge in [-0.1, -0.05) is 169 Å². The molecule has 63 heavy (non-hydrogen) atoms. The van der Waals surface area contributed by atoms with Gasteiger partial charge in [-0.3, -0.25) is 0 Å². The second-order valence-electron chi connectivity index (χ2n) is 20.5. The summed E-state index contributed by atoms with van der Waals surface area (Å²) in [7, 11) is 0. The predicted octanol–water partition coefficient (Wildman–Crippen LogP) is 14.1. The van der Waals surface area contributed by atoms with Crippen molar-refractivity contribution in [3.05, 3.63) is 198 Å². The molecule has 0 aromatic heterocycles. The molecule has 0 spiro atoms. The Morgan fingerprint density at radius 2 is 0.968 bits per heavy atom. The molecule has 12 rings (SSSR count). The molecule has 4 aliphatic rings. The Bertz CT molecular complexity index is 3160. The lowest BCUT2D eigenvalue weighted by molar-refractivity contribution is 0.332. The van der Waals surface area contributed by atoms with Gasteiger partial charge in [0.25, 0.3) is 6.71 Å². The van der Waals surface area contributed by atoms with Crippen LogP contribution in [0, 0.1) is 6.92 Å². The third kappa shape index (κ3) is 5.58. The van der Waals surface area contributed by atoms with Crippen molar-refractivity contribution in [3.63, 3.8) is 0 Å². The summed E-state index contributed by atoms with van der Waals surface area (Å²) in [4.78, 5) is 5.25. The van der Waals surface area contributed by atoms with Crippen molar-refractivity contribution in [2.75, 3.05) is 9.80 Å². The van der Waals surface area contributed by atoms with E-state index >= 15 is 0 Å². The van der Waals surface area contributed by atoms with Crippen LogP contribution in [0.5, 0.6) is 0 Å². The number of benzene rings is 8. The average Bonchev–Trinajstić information content (AvgIpc) is 3.54. The van der Waals surface area contributed by atoms with E-state index in [1.807, 2.05) is 0 Å². The van der Waals surface area contributed by atoms with Crippen LogP contribution in [-0.2, 0) is 16.2 Å². The molecule has 0 saturated carbocycles. The molecule has 0 N–H and O–H groups in total. The number of anilines is 6. The van der Waals surface area contributed by atoms with E-state index in [4.69, 9.17) is 0 Å². The number of nitrogens with zero attached hydrogens (tertiary/aromatic N) is 2. The zero-order chi connectivity index (χ0) is 43.0. The van der Waals surface area contributed by atoms with Crippen LogP contribution in [0.3, 0.4) is 0 Å². The normalized spacial score (nSPS) is 16.7. The van der Waals surface area contributed by atoms with Gasteiger partial charge in [0, 0.05) is 39.4 Å². The van der Waals surface area contributed by atoms with Gasteiger partial charge in [0.2, 0.25) is 0 Å². The van der Waals surface area contributed by atoms with Gasteiger partial charge in [0.05, 0.1) is 5.69 Å². The molecule has 0 saturated heterocycles. The van der Waals surface area contributed by atoms with Gasteiger partial charge in [-0.2, -0.15) is 0 Å². The number of hydrogen-bond donors (Lipinski definition) is 0. The Balaban J connectivity index is 1.19. The number of aryl methyl sites for hydroxylation is 1. The van der Waals surface area contributed by atoms with E-state index in [0.717, 1.165) is 5.69 Å². The van der Waals surface area contributed by atoms with Crippen molar-refractivity contribution in [2.24, 2.45) is 0 Å². The van der Waals surface area contributed by atoms with Gasteiger partial charge in [-0.15, -0.1) is 0 Å². The van der Waals surface area contributed by atoms with Crippen LogP contribution in [-0.4, -0.2) is 6.71 Å². The van der Waals surface area contributed by atoms with E-state index in [9.17, 15) is 0 Å². The summed E-state index contributed by atoms with van der Waals surface area (Å²) < 4.78 is 0. The first-order valence-electron chi connectivity index (χ1n) is 22.9. The molecule has 0 radical (unpaired) electrons. The van der Waals surface area contributed by atoms with E-state index in [-0.39, 0.29) is 23.0 Å². The standard InChI is InChI=1S/C60H53BN2/c1-38-33-54-57-55(34-38)63(52-24-16-23-46-56(52)44-21-14-15-22-45(44)60(46,6)7)53-37-48-47(58(2,3)31-32-59(48,4)5)36-50(53)61(57)49-35-42(40-19-12-9-13-20-40)27-30-51(49)62(54)43-28-25-41(26-29-43)39-17-10-8-11-18-39/h8-30,33-37H,31-32H2,1-7H3. The summed E-state index contributed by atoms with van der Waals surface area (Å²) in [5.41, 5.74) is 26.2. The highest BCUT2D eigenvalue weighted by Crippen LogP contribution is 2.56. The minimum absolute atomic E-state index is 0.0204. The van der Waals surface area contributed by atoms with Gasteiger partial charge >= 0.3 is 0 Å². The van der Waals surface area contributed by atoms with Crippen LogP contribution >= 0.6 is 0 Å². The smallest absolute Gasteiger partial charge is 0.252 e. The zero-order valence-electron chi connectivity index (χ0n) is 37.6. The third-order valence-corrected chi connectivity index (χ3v) is 15.3. The summed E-state index contributed by atoms with van der Waals surface area (Å²) in [6.07, 6.45) is 2.33. The lowest BCUT2D eigenvalue weighted by Gasteiger charge is -2.47. The second-order valence-corrected chi connectivity index (χ2v) is 20.5. The van der Waals surface area contributed by atoms with Gasteiger partial charge in [0.15, 0.2) is 0 Å². The van der Waals surface area contributed by atoms with Gasteiger partial charge in [-0.05, 0) is 145 Å². The summed E-state index contributed by atoms with van der Waals surface area (Å²) in [6.45, 7) is 17.0. The van der Waals surface area contributed by atoms with Gasteiger partial charge in [-0.25, -0.2) is 0 Å². The molecule has 0 atom stereocenters. The predicted molar refractivity (Wildman–Crippen MR) is 269 cm³/mol. The number of fused-ring (bicyclic) bond motifs is 8. The molecule has 0 unspecified atom stereocenters. The zero-order valence-corrected chi connectivity index (χ0v) is 37.6. The Morgan fingerprint density at radius 1 is 0.413 bits per heavy atom. The van der Waals surface area contributed by atoms with Crippen LogP contribution < -0.4 is 26.2 Å². The Hall–Kier alpha value is -6.58. The van der Waals surface area contributed by atoms with Crippen molar-refractivity contribution in [2.45, 2.75) is 77.6 Å². The molecular formula is C60H53BN2. The van der Waals surface area contributed by atoms with Gasteiger partial charge in [0.1, 0.15) is 0 Å². The Kier molecular flexibility index (Phi) is 8.15. The maximum atomic E-state index is 2.69. The van der Waals surface area contributed by atoms with Crippen molar-refractivity contribution < 1.29 is 0 Å². The molecule has 0 amide bonds. The van der Waals surface area contributed by atoms with Gasteiger partial charge < -0.3 is 9.80 Å². The SMILES string of the molecule is Cc1cc2c3c(c1)N(c1cccc4c1-c1ccccc1C4(C)C)c1cc4c(cc1B3c1cc(-c3ccccc3)ccc1N2c1ccc(-c2ccccc2)cc1)C(C)(C)CCC4(C)C. The largest absolute Gasteiger partial charge is 0.311 e. The first-order valence-corrected chi connectivity index (χ1v) is 22.9. The van der Waals surface area contributed by atoms with Crippen LogP contribution in [0.25, 0.3) is 33.4 Å². The molecular weight excluding hydrogens is 759 g/mol. The monoisotopic (exact) mass is 812 g/mol. The maximum Gasteiger partial charge on any atom is 0.252 e. The van der Waals surface area contributed by atoms with Crippen molar-refractivity contribution in [3.8, 4) is 33.4 Å². The Morgan fingerprint density at radius 3 is 1.67 bits per heavy atom. The summed E-state index contributed by atoms with van der Waals surface area (Å²) >= 11 is 0. The fraction of sp³-hybridized carbons (Fsp3) is 0.200. The van der Waals surface area contributed by atoms with Crippen molar-refractivity contribution in [1.82, 2.24) is 0 Å². The lowest BCUT2D eigenvalue weighted by atomic mass is 9.33. The summed E-state index contributed by atoms with van der Waals surface area (Å²) in [5.74, 6) is 0.